The third-order valence-corrected chi connectivity index (χ3v) is 4.08. The van der Waals surface area contributed by atoms with E-state index in [2.05, 4.69) is 5.32 Å². The molecule has 0 saturated heterocycles. The number of carbonyl (C=O) groups is 2. The first-order valence-corrected chi connectivity index (χ1v) is 7.39. The van der Waals surface area contributed by atoms with Crippen LogP contribution in [0.3, 0.4) is 0 Å². The Morgan fingerprint density at radius 3 is 2.63 bits per heavy atom. The summed E-state index contributed by atoms with van der Waals surface area (Å²) in [6, 6.07) is 6.69. The fourth-order valence-corrected chi connectivity index (χ4v) is 2.67. The Bertz CT molecular complexity index is 506. The molecule has 1 rings (SSSR count). The standard InChI is InChI=1S/C12H14ClNO4S/c1-8(12(16)17)6-19(18)7-11(15)14-10-5-3-2-4-9(10)13/h2-5,8H,6-7H2,1H3,(H,14,15)(H,16,17). The monoisotopic (exact) mass is 303 g/mol. The smallest absolute Gasteiger partial charge is 0.307 e. The molecule has 1 aromatic rings. The second-order valence-electron chi connectivity index (χ2n) is 4.02. The molecule has 0 spiro atoms. The van der Waals surface area contributed by atoms with Gasteiger partial charge in [0.25, 0.3) is 0 Å². The predicted molar refractivity (Wildman–Crippen MR) is 74.8 cm³/mol. The Labute approximate surface area is 118 Å². The van der Waals surface area contributed by atoms with Crippen LogP contribution >= 0.6 is 11.6 Å². The molecular weight excluding hydrogens is 290 g/mol. The normalized spacial score (nSPS) is 13.6. The highest BCUT2D eigenvalue weighted by Crippen LogP contribution is 2.20. The van der Waals surface area contributed by atoms with E-state index in [-0.39, 0.29) is 11.5 Å². The number of para-hydroxylation sites is 1. The minimum absolute atomic E-state index is 0.0503. The molecule has 0 bridgehead atoms. The maximum atomic E-state index is 11.6. The van der Waals surface area contributed by atoms with Crippen LogP contribution in [0.25, 0.3) is 0 Å². The summed E-state index contributed by atoms with van der Waals surface area (Å²) in [5.41, 5.74) is 0.442. The van der Waals surface area contributed by atoms with Crippen LogP contribution in [0.1, 0.15) is 6.92 Å². The summed E-state index contributed by atoms with van der Waals surface area (Å²) in [7, 11) is -1.52. The highest BCUT2D eigenvalue weighted by atomic mass is 35.5. The van der Waals surface area contributed by atoms with Crippen LogP contribution in [-0.4, -0.2) is 32.7 Å². The molecule has 7 heteroatoms. The van der Waals surface area contributed by atoms with Crippen LogP contribution < -0.4 is 5.32 Å². The molecule has 0 aliphatic heterocycles. The van der Waals surface area contributed by atoms with E-state index in [1.165, 1.54) is 6.92 Å². The second kappa shape index (κ2) is 7.25. The van der Waals surface area contributed by atoms with Crippen molar-refractivity contribution < 1.29 is 18.9 Å². The van der Waals surface area contributed by atoms with Gasteiger partial charge in [-0.3, -0.25) is 13.8 Å². The second-order valence-corrected chi connectivity index (χ2v) is 5.93. The lowest BCUT2D eigenvalue weighted by Crippen LogP contribution is -2.25. The molecule has 0 aliphatic carbocycles. The zero-order valence-electron chi connectivity index (χ0n) is 10.3. The van der Waals surface area contributed by atoms with Crippen molar-refractivity contribution in [3.8, 4) is 0 Å². The van der Waals surface area contributed by atoms with Gasteiger partial charge in [0.1, 0.15) is 5.75 Å². The van der Waals surface area contributed by atoms with Gasteiger partial charge in [0.05, 0.1) is 16.6 Å². The zero-order chi connectivity index (χ0) is 14.4. The van der Waals surface area contributed by atoms with Gasteiger partial charge < -0.3 is 10.4 Å². The number of benzene rings is 1. The molecule has 2 N–H and O–H groups in total. The summed E-state index contributed by atoms with van der Waals surface area (Å²) in [5.74, 6) is -2.52. The SMILES string of the molecule is CC(CS(=O)CC(=O)Nc1ccccc1Cl)C(=O)O. The van der Waals surface area contributed by atoms with Crippen molar-refractivity contribution in [2.75, 3.05) is 16.8 Å². The van der Waals surface area contributed by atoms with Gasteiger partial charge in [-0.05, 0) is 12.1 Å². The van der Waals surface area contributed by atoms with E-state index in [1.54, 1.807) is 24.3 Å². The number of anilines is 1. The van der Waals surface area contributed by atoms with Crippen molar-refractivity contribution in [1.29, 1.82) is 0 Å². The number of hydrogen-bond donors (Lipinski definition) is 2. The molecule has 5 nitrogen and oxygen atoms in total. The molecule has 0 fully saturated rings. The fraction of sp³-hybridized carbons (Fsp3) is 0.333. The van der Waals surface area contributed by atoms with E-state index in [9.17, 15) is 13.8 Å². The largest absolute Gasteiger partial charge is 0.481 e. The van der Waals surface area contributed by atoms with Gasteiger partial charge >= 0.3 is 5.97 Å². The Balaban J connectivity index is 2.50. The lowest BCUT2D eigenvalue weighted by molar-refractivity contribution is -0.140. The van der Waals surface area contributed by atoms with Crippen molar-refractivity contribution in [3.05, 3.63) is 29.3 Å². The molecular formula is C12H14ClNO4S. The van der Waals surface area contributed by atoms with Crippen molar-refractivity contribution in [3.63, 3.8) is 0 Å². The van der Waals surface area contributed by atoms with E-state index in [1.807, 2.05) is 0 Å². The van der Waals surface area contributed by atoms with Gasteiger partial charge in [-0.1, -0.05) is 30.7 Å². The number of nitrogens with one attached hydrogen (secondary N) is 1. The Kier molecular flexibility index (Phi) is 5.98. The molecule has 104 valence electrons. The molecule has 0 aliphatic rings. The molecule has 2 atom stereocenters. The summed E-state index contributed by atoms with van der Waals surface area (Å²) in [6.45, 7) is 1.45. The average Bonchev–Trinajstić information content (AvgIpc) is 2.31. The highest BCUT2D eigenvalue weighted by molar-refractivity contribution is 7.85. The molecule has 0 radical (unpaired) electrons. The summed E-state index contributed by atoms with van der Waals surface area (Å²) >= 11 is 5.86. The first-order valence-electron chi connectivity index (χ1n) is 5.52. The first kappa shape index (κ1) is 15.7. The zero-order valence-corrected chi connectivity index (χ0v) is 11.8. The van der Waals surface area contributed by atoms with Crippen LogP contribution in [0.2, 0.25) is 5.02 Å². The van der Waals surface area contributed by atoms with Crippen LogP contribution in [0, 0.1) is 5.92 Å². The molecule has 0 heterocycles. The number of carboxylic acid groups (broad SMARTS) is 1. The molecule has 0 aromatic heterocycles. The number of rotatable bonds is 6. The van der Waals surface area contributed by atoms with Gasteiger partial charge in [-0.15, -0.1) is 0 Å². The Hall–Kier alpha value is -1.40. The fourth-order valence-electron chi connectivity index (χ4n) is 1.30. The first-order chi connectivity index (χ1) is 8.90. The van der Waals surface area contributed by atoms with E-state index >= 15 is 0 Å². The van der Waals surface area contributed by atoms with E-state index in [4.69, 9.17) is 16.7 Å². The van der Waals surface area contributed by atoms with Gasteiger partial charge in [0.15, 0.2) is 0 Å². The Morgan fingerprint density at radius 2 is 2.05 bits per heavy atom. The van der Waals surface area contributed by atoms with E-state index in [0.717, 1.165) is 0 Å². The lowest BCUT2D eigenvalue weighted by Gasteiger charge is -2.08. The number of carboxylic acids is 1. The van der Waals surface area contributed by atoms with Crippen LogP contribution in [0.4, 0.5) is 5.69 Å². The molecule has 19 heavy (non-hydrogen) atoms. The molecule has 1 aromatic carbocycles. The summed E-state index contributed by atoms with van der Waals surface area (Å²) in [4.78, 5) is 22.2. The summed E-state index contributed by atoms with van der Waals surface area (Å²) in [6.07, 6.45) is 0. The van der Waals surface area contributed by atoms with Gasteiger partial charge in [0.2, 0.25) is 5.91 Å². The minimum atomic E-state index is -1.52. The van der Waals surface area contributed by atoms with E-state index in [0.29, 0.717) is 10.7 Å². The van der Waals surface area contributed by atoms with Crippen LogP contribution in [0.5, 0.6) is 0 Å². The van der Waals surface area contributed by atoms with Crippen molar-refractivity contribution in [2.45, 2.75) is 6.92 Å². The maximum Gasteiger partial charge on any atom is 0.307 e. The summed E-state index contributed by atoms with van der Waals surface area (Å²) in [5, 5.41) is 11.6. The molecule has 2 unspecified atom stereocenters. The number of amides is 1. The van der Waals surface area contributed by atoms with Crippen LogP contribution in [-0.2, 0) is 20.4 Å². The third-order valence-electron chi connectivity index (χ3n) is 2.30. The van der Waals surface area contributed by atoms with E-state index < -0.39 is 28.6 Å². The highest BCUT2D eigenvalue weighted by Gasteiger charge is 2.17. The van der Waals surface area contributed by atoms with Crippen molar-refractivity contribution in [1.82, 2.24) is 0 Å². The third kappa shape index (κ3) is 5.40. The van der Waals surface area contributed by atoms with Crippen molar-refractivity contribution >= 4 is 40.0 Å². The predicted octanol–water partition coefficient (Wildman–Crippen LogP) is 1.75. The number of aliphatic carboxylic acids is 1. The molecule has 1 amide bonds. The van der Waals surface area contributed by atoms with Gasteiger partial charge in [0, 0.05) is 16.6 Å². The topological polar surface area (TPSA) is 83.5 Å². The number of halogens is 1. The molecule has 0 saturated carbocycles. The average molecular weight is 304 g/mol. The lowest BCUT2D eigenvalue weighted by atomic mass is 10.2. The van der Waals surface area contributed by atoms with Gasteiger partial charge in [-0.25, -0.2) is 0 Å². The van der Waals surface area contributed by atoms with Crippen LogP contribution in [0.15, 0.2) is 24.3 Å². The number of hydrogen-bond acceptors (Lipinski definition) is 3. The van der Waals surface area contributed by atoms with Gasteiger partial charge in [-0.2, -0.15) is 0 Å². The number of carbonyl (C=O) groups excluding carboxylic acids is 1. The van der Waals surface area contributed by atoms with Crippen molar-refractivity contribution in [2.24, 2.45) is 5.92 Å². The quantitative estimate of drug-likeness (QED) is 0.838. The maximum absolute atomic E-state index is 11.6. The summed E-state index contributed by atoms with van der Waals surface area (Å²) < 4.78 is 11.6. The minimum Gasteiger partial charge on any atom is -0.481 e. The Morgan fingerprint density at radius 1 is 1.42 bits per heavy atom.